The molecule has 7 heteroatoms. The van der Waals surface area contributed by atoms with Gasteiger partial charge in [0, 0.05) is 5.69 Å². The van der Waals surface area contributed by atoms with Crippen LogP contribution in [0.5, 0.6) is 5.75 Å². The van der Waals surface area contributed by atoms with Crippen molar-refractivity contribution in [1.29, 1.82) is 0 Å². The summed E-state index contributed by atoms with van der Waals surface area (Å²) in [6.45, 7) is 6.86. The number of aryl methyl sites for hydroxylation is 4. The van der Waals surface area contributed by atoms with Gasteiger partial charge in [0.25, 0.3) is 5.91 Å². The number of esters is 1. The van der Waals surface area contributed by atoms with Gasteiger partial charge in [0.2, 0.25) is 5.91 Å². The minimum absolute atomic E-state index is 0.219. The van der Waals surface area contributed by atoms with Crippen LogP contribution in [-0.2, 0) is 25.5 Å². The van der Waals surface area contributed by atoms with Gasteiger partial charge in [-0.1, -0.05) is 36.8 Å². The van der Waals surface area contributed by atoms with Crippen LogP contribution in [0.2, 0.25) is 0 Å². The summed E-state index contributed by atoms with van der Waals surface area (Å²) >= 11 is 0. The van der Waals surface area contributed by atoms with Crippen LogP contribution in [0.3, 0.4) is 0 Å². The van der Waals surface area contributed by atoms with Gasteiger partial charge in [0.05, 0.1) is 6.54 Å². The first-order valence-corrected chi connectivity index (χ1v) is 9.80. The van der Waals surface area contributed by atoms with Gasteiger partial charge in [-0.25, -0.2) is 4.79 Å². The van der Waals surface area contributed by atoms with E-state index in [0.717, 1.165) is 28.8 Å². The second-order valence-corrected chi connectivity index (χ2v) is 7.05. The number of carbonyl (C=O) groups excluding carboxylic acids is 3. The highest BCUT2D eigenvalue weighted by atomic mass is 16.6. The molecule has 2 N–H and O–H groups in total. The van der Waals surface area contributed by atoms with Gasteiger partial charge in [-0.2, -0.15) is 0 Å². The molecule has 0 fully saturated rings. The van der Waals surface area contributed by atoms with E-state index in [0.29, 0.717) is 5.75 Å². The third-order valence-corrected chi connectivity index (χ3v) is 4.44. The van der Waals surface area contributed by atoms with Crippen molar-refractivity contribution in [1.82, 2.24) is 5.32 Å². The molecule has 0 aliphatic carbocycles. The molecule has 7 nitrogen and oxygen atoms in total. The fraction of sp³-hybridized carbons (Fsp3) is 0.348. The van der Waals surface area contributed by atoms with E-state index in [2.05, 4.69) is 10.6 Å². The summed E-state index contributed by atoms with van der Waals surface area (Å²) in [5.74, 6) is -1.04. The molecule has 0 saturated carbocycles. The third kappa shape index (κ3) is 7.24. The molecule has 30 heavy (non-hydrogen) atoms. The molecule has 0 aliphatic rings. The molecule has 2 amide bonds. The Hall–Kier alpha value is -3.35. The maximum absolute atomic E-state index is 12.1. The van der Waals surface area contributed by atoms with Gasteiger partial charge in [-0.3, -0.25) is 9.59 Å². The number of carbonyl (C=O) groups is 3. The van der Waals surface area contributed by atoms with Crippen LogP contribution < -0.4 is 15.4 Å². The van der Waals surface area contributed by atoms with E-state index in [4.69, 9.17) is 9.47 Å². The van der Waals surface area contributed by atoms with Crippen molar-refractivity contribution in [3.05, 3.63) is 58.7 Å². The maximum Gasteiger partial charge on any atom is 0.344 e. The lowest BCUT2D eigenvalue weighted by Crippen LogP contribution is -2.36. The van der Waals surface area contributed by atoms with Crippen LogP contribution in [0, 0.1) is 20.8 Å². The Bertz CT molecular complexity index is 883. The van der Waals surface area contributed by atoms with E-state index >= 15 is 0 Å². The Morgan fingerprint density at radius 3 is 2.13 bits per heavy atom. The number of anilines is 1. The second-order valence-electron chi connectivity index (χ2n) is 7.05. The van der Waals surface area contributed by atoms with Crippen LogP contribution in [0.25, 0.3) is 0 Å². The number of nitrogens with one attached hydrogen (secondary N) is 2. The molecular weight excluding hydrogens is 384 g/mol. The molecule has 160 valence electrons. The average molecular weight is 412 g/mol. The monoisotopic (exact) mass is 412 g/mol. The van der Waals surface area contributed by atoms with Crippen molar-refractivity contribution >= 4 is 23.5 Å². The number of benzene rings is 2. The van der Waals surface area contributed by atoms with Gasteiger partial charge in [0.15, 0.2) is 13.2 Å². The predicted octanol–water partition coefficient (Wildman–Crippen LogP) is 2.85. The first-order chi connectivity index (χ1) is 14.3. The number of ether oxygens (including phenoxy) is 2. The molecule has 0 radical (unpaired) electrons. The van der Waals surface area contributed by atoms with Crippen LogP contribution in [-0.4, -0.2) is 37.5 Å². The Labute approximate surface area is 176 Å². The lowest BCUT2D eigenvalue weighted by Gasteiger charge is -2.13. The van der Waals surface area contributed by atoms with Gasteiger partial charge in [-0.05, 0) is 56.0 Å². The molecule has 0 aliphatic heterocycles. The SMILES string of the molecule is CCc1ccc(OCC(=O)OCC(=O)NCC(=O)Nc2c(C)cc(C)cc2C)cc1. The fourth-order valence-corrected chi connectivity index (χ4v) is 2.94. The summed E-state index contributed by atoms with van der Waals surface area (Å²) in [6, 6.07) is 11.3. The lowest BCUT2D eigenvalue weighted by atomic mass is 10.1. The first kappa shape index (κ1) is 22.9. The minimum Gasteiger partial charge on any atom is -0.482 e. The maximum atomic E-state index is 12.1. The smallest absolute Gasteiger partial charge is 0.344 e. The van der Waals surface area contributed by atoms with Gasteiger partial charge >= 0.3 is 5.97 Å². The van der Waals surface area contributed by atoms with Crippen molar-refractivity contribution in [3.63, 3.8) is 0 Å². The summed E-state index contributed by atoms with van der Waals surface area (Å²) in [5, 5.41) is 5.22. The molecule has 0 atom stereocenters. The minimum atomic E-state index is -0.667. The molecule has 0 spiro atoms. The Balaban J connectivity index is 1.68. The van der Waals surface area contributed by atoms with E-state index in [1.165, 1.54) is 5.56 Å². The molecule has 0 heterocycles. The highest BCUT2D eigenvalue weighted by Gasteiger charge is 2.12. The van der Waals surface area contributed by atoms with Crippen LogP contribution in [0.1, 0.15) is 29.2 Å². The van der Waals surface area contributed by atoms with Gasteiger partial charge in [-0.15, -0.1) is 0 Å². The molecular formula is C23H28N2O5. The second kappa shape index (κ2) is 11.0. The predicted molar refractivity (Wildman–Crippen MR) is 115 cm³/mol. The summed E-state index contributed by atoms with van der Waals surface area (Å²) < 4.78 is 10.2. The largest absolute Gasteiger partial charge is 0.482 e. The van der Waals surface area contributed by atoms with Crippen molar-refractivity contribution in [3.8, 4) is 5.75 Å². The fourth-order valence-electron chi connectivity index (χ4n) is 2.94. The Kier molecular flexibility index (Phi) is 8.41. The molecule has 0 aromatic heterocycles. The van der Waals surface area contributed by atoms with Gasteiger partial charge < -0.3 is 20.1 Å². The zero-order valence-corrected chi connectivity index (χ0v) is 17.8. The summed E-state index contributed by atoms with van der Waals surface area (Å²) in [7, 11) is 0. The Morgan fingerprint density at radius 1 is 0.900 bits per heavy atom. The standard InChI is InChI=1S/C23H28N2O5/c1-5-18-6-8-19(9-7-18)29-14-22(28)30-13-21(27)24-12-20(26)25-23-16(3)10-15(2)11-17(23)4/h6-11H,5,12-14H2,1-4H3,(H,24,27)(H,25,26). The summed E-state index contributed by atoms with van der Waals surface area (Å²) in [5.41, 5.74) is 4.91. The lowest BCUT2D eigenvalue weighted by molar-refractivity contribution is -0.150. The molecule has 0 saturated heterocycles. The highest BCUT2D eigenvalue weighted by molar-refractivity contribution is 5.96. The molecule has 2 rings (SSSR count). The van der Waals surface area contributed by atoms with Gasteiger partial charge in [0.1, 0.15) is 5.75 Å². The van der Waals surface area contributed by atoms with Crippen LogP contribution >= 0.6 is 0 Å². The number of rotatable bonds is 9. The first-order valence-electron chi connectivity index (χ1n) is 9.80. The van der Waals surface area contributed by atoms with Crippen molar-refractivity contribution < 1.29 is 23.9 Å². The van der Waals surface area contributed by atoms with E-state index < -0.39 is 18.5 Å². The van der Waals surface area contributed by atoms with Crippen LogP contribution in [0.15, 0.2) is 36.4 Å². The Morgan fingerprint density at radius 2 is 1.53 bits per heavy atom. The topological polar surface area (TPSA) is 93.7 Å². The zero-order chi connectivity index (χ0) is 22.1. The van der Waals surface area contributed by atoms with Crippen LogP contribution in [0.4, 0.5) is 5.69 Å². The number of amides is 2. The number of hydrogen-bond acceptors (Lipinski definition) is 5. The quantitative estimate of drug-likeness (QED) is 0.618. The van der Waals surface area contributed by atoms with Crippen molar-refractivity contribution in [2.75, 3.05) is 25.1 Å². The van der Waals surface area contributed by atoms with Crippen molar-refractivity contribution in [2.45, 2.75) is 34.1 Å². The third-order valence-electron chi connectivity index (χ3n) is 4.44. The molecule has 0 unspecified atom stereocenters. The van der Waals surface area contributed by atoms with E-state index in [-0.39, 0.29) is 19.1 Å². The zero-order valence-electron chi connectivity index (χ0n) is 17.8. The summed E-state index contributed by atoms with van der Waals surface area (Å²) in [4.78, 5) is 35.6. The van der Waals surface area contributed by atoms with E-state index in [1.807, 2.05) is 52.0 Å². The van der Waals surface area contributed by atoms with E-state index in [1.54, 1.807) is 12.1 Å². The molecule has 0 bridgehead atoms. The van der Waals surface area contributed by atoms with Crippen molar-refractivity contribution in [2.24, 2.45) is 0 Å². The average Bonchev–Trinajstić information content (AvgIpc) is 2.72. The number of hydrogen-bond donors (Lipinski definition) is 2. The molecule has 2 aromatic carbocycles. The summed E-state index contributed by atoms with van der Waals surface area (Å²) in [6.07, 6.45) is 0.916. The highest BCUT2D eigenvalue weighted by Crippen LogP contribution is 2.21. The molecule has 2 aromatic rings. The normalized spacial score (nSPS) is 10.3. The van der Waals surface area contributed by atoms with E-state index in [9.17, 15) is 14.4 Å².